The fourth-order valence-electron chi connectivity index (χ4n) is 1.68. The van der Waals surface area contributed by atoms with Crippen LogP contribution in [0.5, 0.6) is 0 Å². The number of fused-ring (bicyclic) bond motifs is 1. The smallest absolute Gasteiger partial charge is 0.277 e. The van der Waals surface area contributed by atoms with E-state index < -0.39 is 4.92 Å². The lowest BCUT2D eigenvalue weighted by Crippen LogP contribution is -1.95. The van der Waals surface area contributed by atoms with Gasteiger partial charge in [-0.15, -0.1) is 0 Å². The molecule has 0 saturated carbocycles. The molecule has 2 rings (SSSR count). The van der Waals surface area contributed by atoms with Crippen molar-refractivity contribution in [3.05, 3.63) is 46.3 Å². The molecule has 0 unspecified atom stereocenters. The molecular formula is C11H8N2O3. The Balaban J connectivity index is 2.81. The number of carbonyl (C=O) groups excluding carboxylic acids is 1. The first-order valence-corrected chi connectivity index (χ1v) is 4.67. The lowest BCUT2D eigenvalue weighted by Gasteiger charge is -2.03. The van der Waals surface area contributed by atoms with Crippen LogP contribution < -0.4 is 0 Å². The third-order valence-electron chi connectivity index (χ3n) is 2.34. The number of benzene rings is 1. The minimum Gasteiger partial charge on any atom is -0.303 e. The van der Waals surface area contributed by atoms with Crippen LogP contribution in [0.3, 0.4) is 0 Å². The van der Waals surface area contributed by atoms with E-state index in [-0.39, 0.29) is 12.1 Å². The third-order valence-corrected chi connectivity index (χ3v) is 2.34. The Morgan fingerprint density at radius 3 is 2.88 bits per heavy atom. The molecule has 1 aromatic heterocycles. The maximum atomic E-state index is 10.9. The Morgan fingerprint density at radius 2 is 2.19 bits per heavy atom. The van der Waals surface area contributed by atoms with Crippen LogP contribution in [0.1, 0.15) is 5.56 Å². The zero-order valence-electron chi connectivity index (χ0n) is 8.29. The number of non-ortho nitro benzene ring substituents is 1. The molecule has 1 aromatic carbocycles. The number of nitrogens with zero attached hydrogens (tertiary/aromatic N) is 2. The molecular weight excluding hydrogens is 208 g/mol. The van der Waals surface area contributed by atoms with Gasteiger partial charge in [0.1, 0.15) is 6.29 Å². The van der Waals surface area contributed by atoms with Crippen LogP contribution >= 0.6 is 0 Å². The zero-order chi connectivity index (χ0) is 11.5. The highest BCUT2D eigenvalue weighted by Gasteiger charge is 2.14. The molecule has 0 amide bonds. The lowest BCUT2D eigenvalue weighted by molar-refractivity contribution is -0.383. The maximum Gasteiger partial charge on any atom is 0.277 e. The zero-order valence-corrected chi connectivity index (χ0v) is 8.29. The number of aldehydes is 1. The molecule has 16 heavy (non-hydrogen) atoms. The van der Waals surface area contributed by atoms with Crippen LogP contribution in [0.25, 0.3) is 10.8 Å². The van der Waals surface area contributed by atoms with Crippen molar-refractivity contribution in [1.29, 1.82) is 0 Å². The van der Waals surface area contributed by atoms with Crippen molar-refractivity contribution in [2.24, 2.45) is 0 Å². The maximum absolute atomic E-state index is 10.9. The quantitative estimate of drug-likeness (QED) is 0.446. The van der Waals surface area contributed by atoms with E-state index in [1.54, 1.807) is 18.3 Å². The van der Waals surface area contributed by atoms with Crippen molar-refractivity contribution in [2.75, 3.05) is 0 Å². The summed E-state index contributed by atoms with van der Waals surface area (Å²) in [6.45, 7) is 0. The van der Waals surface area contributed by atoms with E-state index in [1.165, 1.54) is 12.3 Å². The summed E-state index contributed by atoms with van der Waals surface area (Å²) in [6, 6.07) is 4.77. The van der Waals surface area contributed by atoms with Gasteiger partial charge in [-0.3, -0.25) is 15.1 Å². The highest BCUT2D eigenvalue weighted by atomic mass is 16.6. The second-order valence-corrected chi connectivity index (χ2v) is 3.30. The normalized spacial score (nSPS) is 10.2. The molecule has 0 atom stereocenters. The predicted octanol–water partition coefficient (Wildman–Crippen LogP) is 1.88. The molecule has 80 valence electrons. The molecule has 5 nitrogen and oxygen atoms in total. The molecule has 0 N–H and O–H groups in total. The number of aromatic nitrogens is 1. The summed E-state index contributed by atoms with van der Waals surface area (Å²) in [5, 5.41) is 12.0. The highest BCUT2D eigenvalue weighted by molar-refractivity contribution is 5.94. The molecule has 0 saturated heterocycles. The van der Waals surface area contributed by atoms with Crippen LogP contribution in [-0.2, 0) is 11.2 Å². The molecule has 5 heteroatoms. The van der Waals surface area contributed by atoms with Gasteiger partial charge in [-0.25, -0.2) is 0 Å². The number of pyridine rings is 1. The Hall–Kier alpha value is -2.30. The van der Waals surface area contributed by atoms with Gasteiger partial charge in [0.25, 0.3) is 5.69 Å². The van der Waals surface area contributed by atoms with Gasteiger partial charge in [0, 0.05) is 30.3 Å². The predicted molar refractivity (Wildman–Crippen MR) is 58.2 cm³/mol. The van der Waals surface area contributed by atoms with Crippen molar-refractivity contribution >= 4 is 22.7 Å². The Kier molecular flexibility index (Phi) is 2.59. The van der Waals surface area contributed by atoms with Gasteiger partial charge in [-0.1, -0.05) is 12.1 Å². The highest BCUT2D eigenvalue weighted by Crippen LogP contribution is 2.27. The second kappa shape index (κ2) is 4.06. The standard InChI is InChI=1S/C11H8N2O3/c14-5-4-9-7-12-6-8-2-1-3-10(11(8)9)13(15)16/h1-3,5-7H,4H2. The summed E-state index contributed by atoms with van der Waals surface area (Å²) >= 11 is 0. The fraction of sp³-hybridized carbons (Fsp3) is 0.0909. The van der Waals surface area contributed by atoms with Crippen molar-refractivity contribution in [1.82, 2.24) is 4.98 Å². The van der Waals surface area contributed by atoms with Crippen LogP contribution in [0, 0.1) is 10.1 Å². The van der Waals surface area contributed by atoms with E-state index >= 15 is 0 Å². The number of hydrogen-bond acceptors (Lipinski definition) is 4. The van der Waals surface area contributed by atoms with E-state index in [0.717, 1.165) is 0 Å². The van der Waals surface area contributed by atoms with Crippen molar-refractivity contribution in [2.45, 2.75) is 6.42 Å². The Morgan fingerprint density at radius 1 is 1.38 bits per heavy atom. The number of nitro benzene ring substituents is 1. The average Bonchev–Trinajstić information content (AvgIpc) is 2.29. The van der Waals surface area contributed by atoms with Gasteiger partial charge in [0.15, 0.2) is 0 Å². The van der Waals surface area contributed by atoms with E-state index in [2.05, 4.69) is 4.98 Å². The van der Waals surface area contributed by atoms with Crippen LogP contribution in [0.2, 0.25) is 0 Å². The van der Waals surface area contributed by atoms with Crippen molar-refractivity contribution < 1.29 is 9.72 Å². The first kappa shape index (κ1) is 10.2. The van der Waals surface area contributed by atoms with Gasteiger partial charge in [-0.2, -0.15) is 0 Å². The van der Waals surface area contributed by atoms with E-state index in [1.807, 2.05) is 0 Å². The molecule has 0 aliphatic heterocycles. The largest absolute Gasteiger partial charge is 0.303 e. The molecule has 0 radical (unpaired) electrons. The number of carbonyl (C=O) groups is 1. The van der Waals surface area contributed by atoms with E-state index in [9.17, 15) is 14.9 Å². The number of hydrogen-bond donors (Lipinski definition) is 0. The first-order valence-electron chi connectivity index (χ1n) is 4.67. The summed E-state index contributed by atoms with van der Waals surface area (Å²) in [6.07, 6.45) is 3.89. The Labute approximate surface area is 90.9 Å². The summed E-state index contributed by atoms with van der Waals surface area (Å²) in [5.41, 5.74) is 0.594. The average molecular weight is 216 g/mol. The molecule has 2 aromatic rings. The van der Waals surface area contributed by atoms with Gasteiger partial charge in [0.2, 0.25) is 0 Å². The van der Waals surface area contributed by atoms with Gasteiger partial charge in [-0.05, 0) is 5.56 Å². The molecule has 1 heterocycles. The number of nitro groups is 1. The van der Waals surface area contributed by atoms with Gasteiger partial charge in [0.05, 0.1) is 10.3 Å². The summed E-state index contributed by atoms with van der Waals surface area (Å²) in [5.74, 6) is 0. The van der Waals surface area contributed by atoms with Gasteiger partial charge >= 0.3 is 0 Å². The fourth-order valence-corrected chi connectivity index (χ4v) is 1.68. The first-order chi connectivity index (χ1) is 7.74. The minimum absolute atomic E-state index is 0.0109. The summed E-state index contributed by atoms with van der Waals surface area (Å²) in [7, 11) is 0. The summed E-state index contributed by atoms with van der Waals surface area (Å²) < 4.78 is 0. The van der Waals surface area contributed by atoms with Gasteiger partial charge < -0.3 is 4.79 Å². The van der Waals surface area contributed by atoms with Crippen LogP contribution in [0.15, 0.2) is 30.6 Å². The third kappa shape index (κ3) is 1.63. The Bertz CT molecular complexity index is 561. The summed E-state index contributed by atoms with van der Waals surface area (Å²) in [4.78, 5) is 24.9. The van der Waals surface area contributed by atoms with E-state index in [4.69, 9.17) is 0 Å². The minimum atomic E-state index is -0.448. The lowest BCUT2D eigenvalue weighted by atomic mass is 10.0. The monoisotopic (exact) mass is 216 g/mol. The molecule has 0 fully saturated rings. The molecule has 0 bridgehead atoms. The molecule has 0 aliphatic carbocycles. The van der Waals surface area contributed by atoms with Crippen molar-refractivity contribution in [3.63, 3.8) is 0 Å². The van der Waals surface area contributed by atoms with Crippen LogP contribution in [-0.4, -0.2) is 16.2 Å². The van der Waals surface area contributed by atoms with Crippen molar-refractivity contribution in [3.8, 4) is 0 Å². The second-order valence-electron chi connectivity index (χ2n) is 3.30. The molecule has 0 spiro atoms. The number of rotatable bonds is 3. The van der Waals surface area contributed by atoms with E-state index in [0.29, 0.717) is 22.6 Å². The van der Waals surface area contributed by atoms with Crippen LogP contribution in [0.4, 0.5) is 5.69 Å². The SMILES string of the molecule is O=CCc1cncc2cccc([N+](=O)[O-])c12. The topological polar surface area (TPSA) is 73.1 Å². The molecule has 0 aliphatic rings.